The molecule has 182 valence electrons. The fourth-order valence-corrected chi connectivity index (χ4v) is 4.36. The number of nitrogens with one attached hydrogen (secondary N) is 2. The van der Waals surface area contributed by atoms with Crippen molar-refractivity contribution in [3.05, 3.63) is 97.0 Å². The van der Waals surface area contributed by atoms with Crippen molar-refractivity contribution in [3.8, 4) is 28.3 Å². The van der Waals surface area contributed by atoms with Crippen LogP contribution in [0, 0.1) is 6.92 Å². The van der Waals surface area contributed by atoms with Crippen LogP contribution < -0.4 is 5.32 Å². The summed E-state index contributed by atoms with van der Waals surface area (Å²) in [5.41, 5.74) is 7.18. The fraction of sp³-hybridized carbons (Fsp3) is 0.107. The number of anilines is 1. The van der Waals surface area contributed by atoms with E-state index in [-0.39, 0.29) is 12.3 Å². The number of carbonyl (C=O) groups excluding carboxylic acids is 1. The van der Waals surface area contributed by atoms with Gasteiger partial charge in [0.25, 0.3) is 0 Å². The van der Waals surface area contributed by atoms with Gasteiger partial charge in [0, 0.05) is 54.5 Å². The molecule has 0 atom stereocenters. The Labute approximate surface area is 212 Å². The lowest BCUT2D eigenvalue weighted by atomic mass is 10.1. The maximum Gasteiger partial charge on any atom is 0.230 e. The second-order valence-electron chi connectivity index (χ2n) is 8.92. The number of nitrogens with zero attached hydrogens (tertiary/aromatic N) is 6. The molecule has 0 unspecified atom stereocenters. The smallest absolute Gasteiger partial charge is 0.230 e. The lowest BCUT2D eigenvalue weighted by Gasteiger charge is -2.06. The molecule has 0 fully saturated rings. The molecular formula is C28H24N8O. The van der Waals surface area contributed by atoms with Crippen LogP contribution >= 0.6 is 0 Å². The number of pyridine rings is 1. The molecule has 0 saturated carbocycles. The highest BCUT2D eigenvalue weighted by Crippen LogP contribution is 2.27. The van der Waals surface area contributed by atoms with Crippen molar-refractivity contribution in [3.63, 3.8) is 0 Å². The van der Waals surface area contributed by atoms with Crippen molar-refractivity contribution in [2.45, 2.75) is 13.3 Å². The number of carbonyl (C=O) groups is 1. The van der Waals surface area contributed by atoms with Gasteiger partial charge in [0.15, 0.2) is 0 Å². The van der Waals surface area contributed by atoms with Crippen LogP contribution in [0.5, 0.6) is 0 Å². The normalized spacial score (nSPS) is 11.2. The first-order valence-corrected chi connectivity index (χ1v) is 11.9. The number of amides is 1. The molecule has 1 amide bonds. The van der Waals surface area contributed by atoms with Crippen LogP contribution in [0.1, 0.15) is 11.3 Å². The van der Waals surface area contributed by atoms with E-state index in [1.54, 1.807) is 23.4 Å². The molecule has 0 radical (unpaired) electrons. The van der Waals surface area contributed by atoms with Crippen LogP contribution in [-0.2, 0) is 18.3 Å². The van der Waals surface area contributed by atoms with E-state index >= 15 is 0 Å². The SMILES string of the molecule is Cc1ccn(-c2ncnc3[nH]c(-c4ccc(NC(=O)Cc5cc(-c6ccncc6)nn5C)cc4)cc23)c1. The number of rotatable bonds is 6. The quantitative estimate of drug-likeness (QED) is 0.353. The molecule has 0 aliphatic carbocycles. The third kappa shape index (κ3) is 4.50. The van der Waals surface area contributed by atoms with Gasteiger partial charge < -0.3 is 14.9 Å². The maximum atomic E-state index is 12.7. The van der Waals surface area contributed by atoms with Gasteiger partial charge in [-0.2, -0.15) is 5.10 Å². The van der Waals surface area contributed by atoms with E-state index < -0.39 is 0 Å². The van der Waals surface area contributed by atoms with E-state index in [0.29, 0.717) is 0 Å². The van der Waals surface area contributed by atoms with Gasteiger partial charge in [-0.25, -0.2) is 9.97 Å². The van der Waals surface area contributed by atoms with Crippen LogP contribution in [-0.4, -0.2) is 40.2 Å². The standard InChI is InChI=1S/C28H24N8O/c1-18-9-12-36(16-18)28-23-15-24(33-27(23)30-17-31-28)19-3-5-21(6-4-19)32-26(37)14-22-13-25(34-35(22)2)20-7-10-29-11-8-20/h3-13,15-17H,14H2,1-2H3,(H,32,37)(H,30,31,33). The van der Waals surface area contributed by atoms with E-state index in [1.807, 2.05) is 79.5 Å². The zero-order chi connectivity index (χ0) is 25.4. The van der Waals surface area contributed by atoms with E-state index in [9.17, 15) is 4.79 Å². The molecule has 0 saturated heterocycles. The van der Waals surface area contributed by atoms with Crippen molar-refractivity contribution in [1.29, 1.82) is 0 Å². The minimum atomic E-state index is -0.107. The van der Waals surface area contributed by atoms with Crippen molar-refractivity contribution in [2.24, 2.45) is 7.05 Å². The van der Waals surface area contributed by atoms with Gasteiger partial charge in [0.2, 0.25) is 5.91 Å². The lowest BCUT2D eigenvalue weighted by Crippen LogP contribution is -2.16. The Morgan fingerprint density at radius 2 is 1.81 bits per heavy atom. The molecule has 1 aromatic carbocycles. The van der Waals surface area contributed by atoms with Gasteiger partial charge >= 0.3 is 0 Å². The van der Waals surface area contributed by atoms with Gasteiger partial charge in [-0.05, 0) is 60.5 Å². The highest BCUT2D eigenvalue weighted by molar-refractivity contribution is 5.93. The zero-order valence-corrected chi connectivity index (χ0v) is 20.4. The summed E-state index contributed by atoms with van der Waals surface area (Å²) in [5.74, 6) is 0.719. The number of aryl methyl sites for hydroxylation is 2. The molecule has 9 heteroatoms. The molecule has 5 heterocycles. The van der Waals surface area contributed by atoms with E-state index in [2.05, 4.69) is 36.4 Å². The summed E-state index contributed by atoms with van der Waals surface area (Å²) in [5, 5.41) is 8.44. The highest BCUT2D eigenvalue weighted by atomic mass is 16.1. The Balaban J connectivity index is 1.17. The maximum absolute atomic E-state index is 12.7. The molecule has 37 heavy (non-hydrogen) atoms. The molecule has 2 N–H and O–H groups in total. The van der Waals surface area contributed by atoms with Crippen LogP contribution in [0.15, 0.2) is 85.7 Å². The Hall–Kier alpha value is -5.05. The molecule has 9 nitrogen and oxygen atoms in total. The molecule has 6 rings (SSSR count). The fourth-order valence-electron chi connectivity index (χ4n) is 4.36. The number of fused-ring (bicyclic) bond motifs is 1. The van der Waals surface area contributed by atoms with Crippen molar-refractivity contribution >= 4 is 22.6 Å². The Bertz CT molecular complexity index is 1710. The number of H-pyrrole nitrogens is 1. The minimum absolute atomic E-state index is 0.107. The van der Waals surface area contributed by atoms with Gasteiger partial charge in [-0.15, -0.1) is 0 Å². The zero-order valence-electron chi connectivity index (χ0n) is 20.4. The topological polar surface area (TPSA) is 106 Å². The van der Waals surface area contributed by atoms with Crippen LogP contribution in [0.2, 0.25) is 0 Å². The van der Waals surface area contributed by atoms with Gasteiger partial charge in [-0.3, -0.25) is 14.5 Å². The predicted molar refractivity (Wildman–Crippen MR) is 142 cm³/mol. The van der Waals surface area contributed by atoms with E-state index in [0.717, 1.165) is 56.3 Å². The highest BCUT2D eigenvalue weighted by Gasteiger charge is 2.13. The lowest BCUT2D eigenvalue weighted by molar-refractivity contribution is -0.115. The summed E-state index contributed by atoms with van der Waals surface area (Å²) >= 11 is 0. The number of hydrogen-bond donors (Lipinski definition) is 2. The summed E-state index contributed by atoms with van der Waals surface area (Å²) in [6, 6.07) is 17.6. The number of aromatic amines is 1. The Morgan fingerprint density at radius 3 is 2.57 bits per heavy atom. The average Bonchev–Trinajstić information content (AvgIpc) is 3.63. The summed E-state index contributed by atoms with van der Waals surface area (Å²) in [6.07, 6.45) is 9.27. The molecule has 0 aliphatic heterocycles. The monoisotopic (exact) mass is 488 g/mol. The van der Waals surface area contributed by atoms with Gasteiger partial charge in [0.1, 0.15) is 17.8 Å². The van der Waals surface area contributed by atoms with Crippen molar-refractivity contribution in [1.82, 2.24) is 34.3 Å². The molecule has 6 aromatic rings. The van der Waals surface area contributed by atoms with Crippen molar-refractivity contribution in [2.75, 3.05) is 5.32 Å². The molecule has 0 bridgehead atoms. The van der Waals surface area contributed by atoms with Crippen molar-refractivity contribution < 1.29 is 4.79 Å². The first-order valence-electron chi connectivity index (χ1n) is 11.9. The van der Waals surface area contributed by atoms with Gasteiger partial charge in [0.05, 0.1) is 17.5 Å². The van der Waals surface area contributed by atoms with E-state index in [4.69, 9.17) is 0 Å². The predicted octanol–water partition coefficient (Wildman–Crippen LogP) is 4.70. The average molecular weight is 489 g/mol. The second kappa shape index (κ2) is 9.19. The first kappa shape index (κ1) is 22.4. The largest absolute Gasteiger partial charge is 0.339 e. The molecular weight excluding hydrogens is 464 g/mol. The minimum Gasteiger partial charge on any atom is -0.339 e. The molecule has 5 aromatic heterocycles. The van der Waals surface area contributed by atoms with Crippen LogP contribution in [0.3, 0.4) is 0 Å². The summed E-state index contributed by atoms with van der Waals surface area (Å²) < 4.78 is 3.73. The third-order valence-electron chi connectivity index (χ3n) is 6.26. The van der Waals surface area contributed by atoms with Crippen LogP contribution in [0.25, 0.3) is 39.4 Å². The summed E-state index contributed by atoms with van der Waals surface area (Å²) in [7, 11) is 1.84. The Kier molecular flexibility index (Phi) is 5.57. The summed E-state index contributed by atoms with van der Waals surface area (Å²) in [6.45, 7) is 2.05. The van der Waals surface area contributed by atoms with E-state index in [1.165, 1.54) is 0 Å². The van der Waals surface area contributed by atoms with Crippen LogP contribution in [0.4, 0.5) is 5.69 Å². The summed E-state index contributed by atoms with van der Waals surface area (Å²) in [4.78, 5) is 29.0. The molecule has 0 spiro atoms. The first-order chi connectivity index (χ1) is 18.0. The number of hydrogen-bond acceptors (Lipinski definition) is 5. The second-order valence-corrected chi connectivity index (χ2v) is 8.92. The molecule has 0 aliphatic rings. The Morgan fingerprint density at radius 1 is 1.00 bits per heavy atom. The van der Waals surface area contributed by atoms with Gasteiger partial charge in [-0.1, -0.05) is 12.1 Å². The number of aromatic nitrogens is 7. The third-order valence-corrected chi connectivity index (χ3v) is 6.26. The number of benzene rings is 1.